The lowest BCUT2D eigenvalue weighted by atomic mass is 10.1. The number of hydrogen-bond donors (Lipinski definition) is 0. The fourth-order valence-corrected chi connectivity index (χ4v) is 1.71. The van der Waals surface area contributed by atoms with Crippen LogP contribution in [0.4, 0.5) is 0 Å². The zero-order chi connectivity index (χ0) is 11.4. The Morgan fingerprint density at radius 2 is 2.13 bits per heavy atom. The van der Waals surface area contributed by atoms with Gasteiger partial charge in [0.1, 0.15) is 0 Å². The van der Waals surface area contributed by atoms with Gasteiger partial charge in [-0.1, -0.05) is 26.8 Å². The molecule has 1 saturated heterocycles. The van der Waals surface area contributed by atoms with Gasteiger partial charge in [-0.05, 0) is 26.2 Å². The van der Waals surface area contributed by atoms with Gasteiger partial charge in [0.15, 0.2) is 0 Å². The summed E-state index contributed by atoms with van der Waals surface area (Å²) in [5.41, 5.74) is 0.589. The highest BCUT2D eigenvalue weighted by atomic mass is 16.7. The van der Waals surface area contributed by atoms with Gasteiger partial charge in [-0.3, -0.25) is 0 Å². The Morgan fingerprint density at radius 1 is 1.47 bits per heavy atom. The van der Waals surface area contributed by atoms with Crippen LogP contribution in [0.15, 0.2) is 12.2 Å². The summed E-state index contributed by atoms with van der Waals surface area (Å²) in [6.45, 7) is 10.0. The molecule has 0 amide bonds. The molecule has 0 spiro atoms. The largest absolute Gasteiger partial charge is 0.363 e. The first kappa shape index (κ1) is 12.2. The highest BCUT2D eigenvalue weighted by Crippen LogP contribution is 2.31. The highest BCUT2D eigenvalue weighted by Gasteiger charge is 2.46. The van der Waals surface area contributed by atoms with E-state index >= 15 is 0 Å². The van der Waals surface area contributed by atoms with Crippen LogP contribution in [-0.4, -0.2) is 23.1 Å². The molecule has 3 nitrogen and oxygen atoms in total. The van der Waals surface area contributed by atoms with Gasteiger partial charge in [0.05, 0.1) is 12.1 Å². The van der Waals surface area contributed by atoms with Crippen molar-refractivity contribution in [3.8, 4) is 0 Å². The molecule has 1 fully saturated rings. The van der Waals surface area contributed by atoms with E-state index < -0.39 is 0 Å². The van der Waals surface area contributed by atoms with Gasteiger partial charge >= 0.3 is 5.97 Å². The van der Waals surface area contributed by atoms with Crippen molar-refractivity contribution in [2.45, 2.75) is 58.5 Å². The minimum atomic E-state index is -0.258. The molecule has 0 bridgehead atoms. The van der Waals surface area contributed by atoms with E-state index in [1.807, 2.05) is 0 Å². The van der Waals surface area contributed by atoms with Crippen molar-refractivity contribution in [1.29, 1.82) is 0 Å². The SMILES string of the molecule is C=C(CCCC)C(=O)ON1C(C)C1CC. The van der Waals surface area contributed by atoms with Gasteiger partial charge < -0.3 is 4.84 Å². The number of carbonyl (C=O) groups excluding carboxylic acids is 1. The number of hydroxylamine groups is 2. The van der Waals surface area contributed by atoms with Crippen molar-refractivity contribution >= 4 is 5.97 Å². The summed E-state index contributed by atoms with van der Waals surface area (Å²) in [5, 5.41) is 1.76. The molecule has 86 valence electrons. The molecule has 3 atom stereocenters. The number of rotatable bonds is 6. The van der Waals surface area contributed by atoms with E-state index in [9.17, 15) is 4.79 Å². The molecule has 3 heteroatoms. The normalized spacial score (nSPS) is 28.6. The number of carbonyl (C=O) groups is 1. The van der Waals surface area contributed by atoms with Crippen LogP contribution >= 0.6 is 0 Å². The summed E-state index contributed by atoms with van der Waals surface area (Å²) >= 11 is 0. The molecule has 1 aliphatic rings. The predicted octanol–water partition coefficient (Wildman–Crippen LogP) is 2.67. The van der Waals surface area contributed by atoms with E-state index in [0.29, 0.717) is 17.7 Å². The van der Waals surface area contributed by atoms with E-state index in [-0.39, 0.29) is 5.97 Å². The maximum atomic E-state index is 11.5. The first-order chi connectivity index (χ1) is 7.11. The number of unbranched alkanes of at least 4 members (excludes halogenated alkanes) is 1. The first-order valence-corrected chi connectivity index (χ1v) is 5.80. The Morgan fingerprint density at radius 3 is 2.60 bits per heavy atom. The van der Waals surface area contributed by atoms with E-state index in [4.69, 9.17) is 4.84 Å². The smallest absolute Gasteiger partial charge is 0.352 e. The van der Waals surface area contributed by atoms with E-state index in [1.165, 1.54) is 0 Å². The molecule has 0 saturated carbocycles. The molecule has 0 aromatic carbocycles. The maximum absolute atomic E-state index is 11.5. The van der Waals surface area contributed by atoms with Crippen LogP contribution in [0.1, 0.15) is 46.5 Å². The van der Waals surface area contributed by atoms with Crippen LogP contribution in [0, 0.1) is 0 Å². The quantitative estimate of drug-likeness (QED) is 0.499. The molecule has 0 aromatic heterocycles. The van der Waals surface area contributed by atoms with Gasteiger partial charge in [0, 0.05) is 5.57 Å². The van der Waals surface area contributed by atoms with Crippen molar-refractivity contribution in [2.24, 2.45) is 0 Å². The molecule has 1 rings (SSSR count). The zero-order valence-corrected chi connectivity index (χ0v) is 9.95. The van der Waals surface area contributed by atoms with Gasteiger partial charge in [-0.25, -0.2) is 4.79 Å². The second-order valence-electron chi connectivity index (χ2n) is 4.16. The lowest BCUT2D eigenvalue weighted by Crippen LogP contribution is -2.14. The molecule has 3 unspecified atom stereocenters. The van der Waals surface area contributed by atoms with Gasteiger partial charge in [0.2, 0.25) is 0 Å². The Bertz CT molecular complexity index is 250. The molecule has 1 heterocycles. The van der Waals surface area contributed by atoms with E-state index in [1.54, 1.807) is 5.06 Å². The van der Waals surface area contributed by atoms with Crippen LogP contribution in [0.5, 0.6) is 0 Å². The Kier molecular flexibility index (Phi) is 4.33. The standard InChI is InChI=1S/C12H21NO2/c1-5-7-8-9(3)12(14)15-13-10(4)11(13)6-2/h10-11H,3,5-8H2,1-2,4H3. The topological polar surface area (TPSA) is 29.3 Å². The summed E-state index contributed by atoms with van der Waals surface area (Å²) in [4.78, 5) is 16.8. The molecule has 0 aliphatic carbocycles. The maximum Gasteiger partial charge on any atom is 0.352 e. The Labute approximate surface area is 92.0 Å². The third-order valence-corrected chi connectivity index (χ3v) is 2.92. The second kappa shape index (κ2) is 5.31. The second-order valence-corrected chi connectivity index (χ2v) is 4.16. The molecule has 15 heavy (non-hydrogen) atoms. The zero-order valence-electron chi connectivity index (χ0n) is 9.95. The summed E-state index contributed by atoms with van der Waals surface area (Å²) in [6.07, 6.45) is 3.84. The summed E-state index contributed by atoms with van der Waals surface area (Å²) in [7, 11) is 0. The molecular formula is C12H21NO2. The fraction of sp³-hybridized carbons (Fsp3) is 0.750. The van der Waals surface area contributed by atoms with Crippen LogP contribution in [0.3, 0.4) is 0 Å². The van der Waals surface area contributed by atoms with Crippen LogP contribution < -0.4 is 0 Å². The van der Waals surface area contributed by atoms with Crippen LogP contribution in [-0.2, 0) is 9.63 Å². The van der Waals surface area contributed by atoms with Crippen molar-refractivity contribution in [3.05, 3.63) is 12.2 Å². The lowest BCUT2D eigenvalue weighted by Gasteiger charge is -2.06. The van der Waals surface area contributed by atoms with Crippen LogP contribution in [0.25, 0.3) is 0 Å². The van der Waals surface area contributed by atoms with Gasteiger partial charge in [0.25, 0.3) is 0 Å². The minimum Gasteiger partial charge on any atom is -0.363 e. The molecule has 1 aliphatic heterocycles. The highest BCUT2D eigenvalue weighted by molar-refractivity contribution is 5.87. The molecule has 0 N–H and O–H groups in total. The minimum absolute atomic E-state index is 0.258. The fourth-order valence-electron chi connectivity index (χ4n) is 1.71. The van der Waals surface area contributed by atoms with Crippen molar-refractivity contribution < 1.29 is 9.63 Å². The number of nitrogens with zero attached hydrogens (tertiary/aromatic N) is 1. The van der Waals surface area contributed by atoms with E-state index in [0.717, 1.165) is 25.7 Å². The monoisotopic (exact) mass is 211 g/mol. The van der Waals surface area contributed by atoms with Crippen molar-refractivity contribution in [2.75, 3.05) is 0 Å². The summed E-state index contributed by atoms with van der Waals surface area (Å²) < 4.78 is 0. The Balaban J connectivity index is 2.27. The first-order valence-electron chi connectivity index (χ1n) is 5.80. The number of hydrogen-bond acceptors (Lipinski definition) is 3. The predicted molar refractivity (Wildman–Crippen MR) is 60.1 cm³/mol. The van der Waals surface area contributed by atoms with E-state index in [2.05, 4.69) is 27.4 Å². The summed E-state index contributed by atoms with van der Waals surface area (Å²) in [6, 6.07) is 0.783. The molecule has 0 radical (unpaired) electrons. The average Bonchev–Trinajstić information content (AvgIpc) is 2.84. The molecule has 0 aromatic rings. The van der Waals surface area contributed by atoms with Crippen molar-refractivity contribution in [1.82, 2.24) is 5.06 Å². The molecular weight excluding hydrogens is 190 g/mol. The third kappa shape index (κ3) is 3.06. The average molecular weight is 211 g/mol. The van der Waals surface area contributed by atoms with Crippen LogP contribution in [0.2, 0.25) is 0 Å². The third-order valence-electron chi connectivity index (χ3n) is 2.92. The van der Waals surface area contributed by atoms with Crippen molar-refractivity contribution in [3.63, 3.8) is 0 Å². The summed E-state index contributed by atoms with van der Waals surface area (Å²) in [5.74, 6) is -0.258. The Hall–Kier alpha value is -0.830. The van der Waals surface area contributed by atoms with Gasteiger partial charge in [-0.15, -0.1) is 5.06 Å². The lowest BCUT2D eigenvalue weighted by molar-refractivity contribution is -0.164. The van der Waals surface area contributed by atoms with Gasteiger partial charge in [-0.2, -0.15) is 0 Å².